The third-order valence-corrected chi connectivity index (χ3v) is 2.63. The van der Waals surface area contributed by atoms with Gasteiger partial charge in [-0.15, -0.1) is 0 Å². The van der Waals surface area contributed by atoms with Gasteiger partial charge in [0.05, 0.1) is 13.0 Å². The number of carboxylic acid groups (broad SMARTS) is 1. The van der Waals surface area contributed by atoms with Crippen LogP contribution in [0.15, 0.2) is 0 Å². The van der Waals surface area contributed by atoms with E-state index in [-0.39, 0.29) is 18.4 Å². The van der Waals surface area contributed by atoms with Crippen molar-refractivity contribution >= 4 is 12.0 Å². The molecule has 0 saturated carbocycles. The molecule has 0 aromatic heterocycles. The highest BCUT2D eigenvalue weighted by atomic mass is 16.7. The van der Waals surface area contributed by atoms with E-state index in [1.54, 1.807) is 0 Å². The molecule has 1 saturated heterocycles. The highest BCUT2D eigenvalue weighted by Gasteiger charge is 2.30. The third-order valence-electron chi connectivity index (χ3n) is 2.63. The van der Waals surface area contributed by atoms with E-state index in [0.29, 0.717) is 6.54 Å². The Morgan fingerprint density at radius 2 is 2.20 bits per heavy atom. The molecular weight excluding hydrogens is 200 g/mol. The van der Waals surface area contributed by atoms with Gasteiger partial charge in [0, 0.05) is 20.1 Å². The van der Waals surface area contributed by atoms with Gasteiger partial charge in [-0.3, -0.25) is 9.63 Å². The zero-order valence-electron chi connectivity index (χ0n) is 8.97. The molecule has 6 nitrogen and oxygen atoms in total. The van der Waals surface area contributed by atoms with Crippen molar-refractivity contribution in [2.45, 2.75) is 12.8 Å². The first-order valence-corrected chi connectivity index (χ1v) is 4.85. The second kappa shape index (κ2) is 4.97. The molecule has 1 atom stereocenters. The van der Waals surface area contributed by atoms with Gasteiger partial charge in [-0.2, -0.15) is 0 Å². The molecule has 1 aliphatic rings. The number of amides is 2. The van der Waals surface area contributed by atoms with Gasteiger partial charge in [0.25, 0.3) is 5.91 Å². The lowest BCUT2D eigenvalue weighted by Crippen LogP contribution is -2.45. The molecule has 1 fully saturated rings. The number of piperidine rings is 1. The van der Waals surface area contributed by atoms with Crippen LogP contribution in [0.4, 0.5) is 4.79 Å². The van der Waals surface area contributed by atoms with Crippen molar-refractivity contribution in [1.82, 2.24) is 9.96 Å². The Kier molecular flexibility index (Phi) is 3.90. The molecule has 1 rings (SSSR count). The first-order valence-electron chi connectivity index (χ1n) is 4.85. The number of hydrogen-bond donors (Lipinski definition) is 1. The van der Waals surface area contributed by atoms with Crippen LogP contribution in [0.25, 0.3) is 0 Å². The zero-order valence-corrected chi connectivity index (χ0v) is 8.97. The normalized spacial score (nSPS) is 21.2. The first kappa shape index (κ1) is 11.8. The predicted molar refractivity (Wildman–Crippen MR) is 52.1 cm³/mol. The largest absolute Gasteiger partial charge is 0.465 e. The Labute approximate surface area is 88.4 Å². The Morgan fingerprint density at radius 3 is 2.73 bits per heavy atom. The number of likely N-dealkylation sites (tertiary alicyclic amines) is 1. The van der Waals surface area contributed by atoms with E-state index in [1.165, 1.54) is 19.1 Å². The minimum Gasteiger partial charge on any atom is -0.465 e. The Hall–Kier alpha value is -1.30. The van der Waals surface area contributed by atoms with E-state index < -0.39 is 6.09 Å². The molecule has 0 radical (unpaired) electrons. The van der Waals surface area contributed by atoms with Gasteiger partial charge >= 0.3 is 6.09 Å². The van der Waals surface area contributed by atoms with E-state index in [1.807, 2.05) is 0 Å². The smallest absolute Gasteiger partial charge is 0.407 e. The monoisotopic (exact) mass is 216 g/mol. The van der Waals surface area contributed by atoms with Crippen molar-refractivity contribution in [3.8, 4) is 0 Å². The summed E-state index contributed by atoms with van der Waals surface area (Å²) in [6, 6.07) is 0. The number of nitrogens with zero attached hydrogens (tertiary/aromatic N) is 2. The van der Waals surface area contributed by atoms with Crippen molar-refractivity contribution in [1.29, 1.82) is 0 Å². The summed E-state index contributed by atoms with van der Waals surface area (Å²) < 4.78 is 0. The Balaban J connectivity index is 2.56. The molecule has 1 heterocycles. The Morgan fingerprint density at radius 1 is 1.53 bits per heavy atom. The van der Waals surface area contributed by atoms with Crippen molar-refractivity contribution in [2.75, 3.05) is 27.2 Å². The van der Waals surface area contributed by atoms with Crippen LogP contribution in [0.3, 0.4) is 0 Å². The number of carbonyl (C=O) groups is 2. The third kappa shape index (κ3) is 2.82. The molecule has 6 heteroatoms. The second-order valence-electron chi connectivity index (χ2n) is 3.59. The van der Waals surface area contributed by atoms with E-state index in [0.717, 1.165) is 17.9 Å². The molecule has 0 spiro atoms. The highest BCUT2D eigenvalue weighted by molar-refractivity contribution is 5.78. The average Bonchev–Trinajstić information content (AvgIpc) is 2.27. The van der Waals surface area contributed by atoms with Crippen LogP contribution in [0.1, 0.15) is 12.8 Å². The van der Waals surface area contributed by atoms with Crippen LogP contribution in [0, 0.1) is 5.92 Å². The van der Waals surface area contributed by atoms with Gasteiger partial charge in [-0.1, -0.05) is 0 Å². The van der Waals surface area contributed by atoms with Gasteiger partial charge in [0.2, 0.25) is 0 Å². The van der Waals surface area contributed by atoms with E-state index >= 15 is 0 Å². The van der Waals surface area contributed by atoms with Gasteiger partial charge in [-0.05, 0) is 12.8 Å². The second-order valence-corrected chi connectivity index (χ2v) is 3.59. The van der Waals surface area contributed by atoms with Gasteiger partial charge < -0.3 is 10.0 Å². The number of hydrogen-bond acceptors (Lipinski definition) is 3. The lowest BCUT2D eigenvalue weighted by Gasteiger charge is -2.31. The maximum atomic E-state index is 11.7. The molecule has 0 aliphatic carbocycles. The van der Waals surface area contributed by atoms with Crippen LogP contribution < -0.4 is 0 Å². The van der Waals surface area contributed by atoms with Crippen LogP contribution in [0.2, 0.25) is 0 Å². The highest BCUT2D eigenvalue weighted by Crippen LogP contribution is 2.18. The van der Waals surface area contributed by atoms with Gasteiger partial charge in [0.15, 0.2) is 0 Å². The molecule has 15 heavy (non-hydrogen) atoms. The van der Waals surface area contributed by atoms with Gasteiger partial charge in [0.1, 0.15) is 0 Å². The lowest BCUT2D eigenvalue weighted by molar-refractivity contribution is -0.174. The fourth-order valence-corrected chi connectivity index (χ4v) is 1.70. The summed E-state index contributed by atoms with van der Waals surface area (Å²) >= 11 is 0. The minimum atomic E-state index is -0.965. The van der Waals surface area contributed by atoms with Crippen molar-refractivity contribution in [3.63, 3.8) is 0 Å². The van der Waals surface area contributed by atoms with Gasteiger partial charge in [-0.25, -0.2) is 9.86 Å². The standard InChI is InChI=1S/C9H16N2O4/c1-10(15-2)8(12)7-4-3-5-11(6-7)9(13)14/h7H,3-6H2,1-2H3,(H,13,14). The number of hydroxylamine groups is 2. The summed E-state index contributed by atoms with van der Waals surface area (Å²) in [4.78, 5) is 28.5. The topological polar surface area (TPSA) is 70.1 Å². The predicted octanol–water partition coefficient (Wildman–Crippen LogP) is 0.396. The molecular formula is C9H16N2O4. The van der Waals surface area contributed by atoms with E-state index in [9.17, 15) is 9.59 Å². The molecule has 0 bridgehead atoms. The van der Waals surface area contributed by atoms with Crippen molar-refractivity contribution in [3.05, 3.63) is 0 Å². The molecule has 86 valence electrons. The maximum Gasteiger partial charge on any atom is 0.407 e. The minimum absolute atomic E-state index is 0.163. The first-order chi connectivity index (χ1) is 7.06. The summed E-state index contributed by atoms with van der Waals surface area (Å²) in [5.74, 6) is -0.441. The molecule has 1 N–H and O–H groups in total. The van der Waals surface area contributed by atoms with Crippen LogP contribution in [-0.2, 0) is 9.63 Å². The maximum absolute atomic E-state index is 11.7. The van der Waals surface area contributed by atoms with Crippen LogP contribution >= 0.6 is 0 Å². The van der Waals surface area contributed by atoms with Crippen molar-refractivity contribution in [2.24, 2.45) is 5.92 Å². The fraction of sp³-hybridized carbons (Fsp3) is 0.778. The average molecular weight is 216 g/mol. The number of rotatable bonds is 2. The van der Waals surface area contributed by atoms with Crippen LogP contribution in [0.5, 0.6) is 0 Å². The summed E-state index contributed by atoms with van der Waals surface area (Å²) in [7, 11) is 2.94. The molecule has 1 unspecified atom stereocenters. The molecule has 1 aliphatic heterocycles. The lowest BCUT2D eigenvalue weighted by atomic mass is 9.97. The quantitative estimate of drug-likeness (QED) is 0.678. The Bertz CT molecular complexity index is 256. The molecule has 2 amide bonds. The summed E-state index contributed by atoms with van der Waals surface area (Å²) in [6.07, 6.45) is 0.476. The fourth-order valence-electron chi connectivity index (χ4n) is 1.70. The summed E-state index contributed by atoms with van der Waals surface area (Å²) in [5.41, 5.74) is 0. The number of carbonyl (C=O) groups excluding carboxylic acids is 1. The zero-order chi connectivity index (χ0) is 11.4. The summed E-state index contributed by atoms with van der Waals surface area (Å²) in [5, 5.41) is 9.95. The molecule has 0 aromatic rings. The van der Waals surface area contributed by atoms with E-state index in [4.69, 9.17) is 9.94 Å². The van der Waals surface area contributed by atoms with E-state index in [2.05, 4.69) is 0 Å². The van der Waals surface area contributed by atoms with Crippen LogP contribution in [-0.4, -0.2) is 54.3 Å². The summed E-state index contributed by atoms with van der Waals surface area (Å²) in [6.45, 7) is 0.775. The van der Waals surface area contributed by atoms with Crippen molar-refractivity contribution < 1.29 is 19.5 Å². The molecule has 0 aromatic carbocycles. The SMILES string of the molecule is CON(C)C(=O)C1CCCN(C(=O)O)C1.